The summed E-state index contributed by atoms with van der Waals surface area (Å²) in [5, 5.41) is 22.6. The Bertz CT molecular complexity index is 1640. The molecule has 21 heteroatoms. The Hall–Kier alpha value is -5.47. The molecular formula is C30H31F9N6O6. The number of aliphatic carboxylic acids is 2. The molecule has 280 valence electrons. The number of hydrogen-bond acceptors (Lipinski definition) is 9. The van der Waals surface area contributed by atoms with E-state index in [1.165, 1.54) is 26.3 Å². The van der Waals surface area contributed by atoms with Gasteiger partial charge < -0.3 is 40.7 Å². The molecule has 0 aliphatic carbocycles. The summed E-state index contributed by atoms with van der Waals surface area (Å²) in [5.41, 5.74) is 0.814. The molecule has 12 nitrogen and oxygen atoms in total. The first-order valence-corrected chi connectivity index (χ1v) is 14.2. The van der Waals surface area contributed by atoms with Crippen molar-refractivity contribution in [3.63, 3.8) is 0 Å². The van der Waals surface area contributed by atoms with E-state index in [2.05, 4.69) is 37.8 Å². The standard InChI is InChI=1S/C26H29F3N6O2.2C2HF3O2/c1-30-25(36)18-6-4-5-7-20(18)32-22-15-24(31-16-19(22)26(27,28)29)33-21-9-8-17(14-23(21)37-3)35-12-10-34(2)11-13-35;2*3-2(4,5)1(6)7/h4-9,14-16H,10-13H2,1-3H3,(H,30,36)(H2,31,32,33);2*(H,6,7). The van der Waals surface area contributed by atoms with E-state index in [4.69, 9.17) is 24.5 Å². The quantitative estimate of drug-likeness (QED) is 0.182. The topological polar surface area (TPSA) is 156 Å². The lowest BCUT2D eigenvalue weighted by molar-refractivity contribution is -0.193. The fourth-order valence-electron chi connectivity index (χ4n) is 4.11. The third kappa shape index (κ3) is 12.7. The normalized spacial score (nSPS) is 13.5. The molecule has 0 unspecified atom stereocenters. The molecular weight excluding hydrogens is 711 g/mol. The second-order valence-corrected chi connectivity index (χ2v) is 10.3. The number of carbonyl (C=O) groups is 3. The molecule has 5 N–H and O–H groups in total. The minimum absolute atomic E-state index is 0.179. The summed E-state index contributed by atoms with van der Waals surface area (Å²) in [7, 11) is 5.08. The summed E-state index contributed by atoms with van der Waals surface area (Å²) in [6, 6.07) is 13.3. The highest BCUT2D eigenvalue weighted by Crippen LogP contribution is 2.39. The summed E-state index contributed by atoms with van der Waals surface area (Å²) in [5.74, 6) is -5.22. The van der Waals surface area contributed by atoms with Gasteiger partial charge in [-0.2, -0.15) is 39.5 Å². The van der Waals surface area contributed by atoms with E-state index in [0.29, 0.717) is 11.4 Å². The molecule has 2 aromatic carbocycles. The Kier molecular flexibility index (Phi) is 14.3. The van der Waals surface area contributed by atoms with Crippen LogP contribution in [0, 0.1) is 0 Å². The number of pyridine rings is 1. The van der Waals surface area contributed by atoms with Gasteiger partial charge in [-0.1, -0.05) is 12.1 Å². The SMILES string of the molecule is CNC(=O)c1ccccc1Nc1cc(Nc2ccc(N3CCN(C)CC3)cc2OC)ncc1C(F)(F)F.O=C(O)C(F)(F)F.O=C(O)C(F)(F)F. The number of alkyl halides is 9. The molecule has 1 aromatic heterocycles. The maximum absolute atomic E-state index is 13.8. The van der Waals surface area contributed by atoms with Crippen LogP contribution in [0.1, 0.15) is 15.9 Å². The van der Waals surface area contributed by atoms with E-state index in [0.717, 1.165) is 38.1 Å². The molecule has 0 saturated carbocycles. The van der Waals surface area contributed by atoms with Crippen molar-refractivity contribution in [1.29, 1.82) is 0 Å². The van der Waals surface area contributed by atoms with Gasteiger partial charge in [0.2, 0.25) is 0 Å². The molecule has 1 saturated heterocycles. The van der Waals surface area contributed by atoms with E-state index in [1.54, 1.807) is 18.2 Å². The molecule has 1 aliphatic heterocycles. The minimum Gasteiger partial charge on any atom is -0.494 e. The van der Waals surface area contributed by atoms with Gasteiger partial charge >= 0.3 is 30.5 Å². The lowest BCUT2D eigenvalue weighted by atomic mass is 10.1. The van der Waals surface area contributed by atoms with Crippen LogP contribution in [0.5, 0.6) is 5.75 Å². The second-order valence-electron chi connectivity index (χ2n) is 10.3. The van der Waals surface area contributed by atoms with E-state index in [9.17, 15) is 44.3 Å². The number of carboxylic acid groups (broad SMARTS) is 2. The van der Waals surface area contributed by atoms with Gasteiger partial charge in [-0.05, 0) is 31.3 Å². The Morgan fingerprint density at radius 1 is 0.784 bits per heavy atom. The fraction of sp³-hybridized carbons (Fsp3) is 0.333. The zero-order chi connectivity index (χ0) is 38.7. The van der Waals surface area contributed by atoms with Crippen LogP contribution in [0.4, 0.5) is 68.1 Å². The van der Waals surface area contributed by atoms with Crippen molar-refractivity contribution >= 4 is 46.4 Å². The van der Waals surface area contributed by atoms with E-state index < -0.39 is 41.9 Å². The largest absolute Gasteiger partial charge is 0.494 e. The first-order valence-electron chi connectivity index (χ1n) is 14.2. The van der Waals surface area contributed by atoms with Crippen molar-refractivity contribution in [2.45, 2.75) is 18.5 Å². The fourth-order valence-corrected chi connectivity index (χ4v) is 4.11. The number of carbonyl (C=O) groups excluding carboxylic acids is 1. The molecule has 0 radical (unpaired) electrons. The summed E-state index contributed by atoms with van der Waals surface area (Å²) in [6.45, 7) is 3.69. The van der Waals surface area contributed by atoms with E-state index in [-0.39, 0.29) is 22.8 Å². The number of piperazine rings is 1. The van der Waals surface area contributed by atoms with Gasteiger partial charge in [0.15, 0.2) is 0 Å². The summed E-state index contributed by atoms with van der Waals surface area (Å²) < 4.78 is 110. The number of amides is 1. The predicted octanol–water partition coefficient (Wildman–Crippen LogP) is 5.97. The van der Waals surface area contributed by atoms with Crippen LogP contribution in [0.15, 0.2) is 54.7 Å². The summed E-state index contributed by atoms with van der Waals surface area (Å²) in [4.78, 5) is 38.5. The predicted molar refractivity (Wildman–Crippen MR) is 166 cm³/mol. The number of aromatic nitrogens is 1. The summed E-state index contributed by atoms with van der Waals surface area (Å²) >= 11 is 0. The molecule has 51 heavy (non-hydrogen) atoms. The number of methoxy groups -OCH3 is 1. The smallest absolute Gasteiger partial charge is 0.490 e. The van der Waals surface area contributed by atoms with Crippen molar-refractivity contribution in [2.75, 3.05) is 62.9 Å². The maximum atomic E-state index is 13.8. The molecule has 0 spiro atoms. The lowest BCUT2D eigenvalue weighted by Gasteiger charge is -2.34. The molecule has 1 fully saturated rings. The van der Waals surface area contributed by atoms with Crippen molar-refractivity contribution in [3.05, 3.63) is 65.9 Å². The Labute approximate surface area is 283 Å². The number of carboxylic acids is 2. The number of hydrogen-bond donors (Lipinski definition) is 5. The number of nitrogens with one attached hydrogen (secondary N) is 3. The molecule has 2 heterocycles. The van der Waals surface area contributed by atoms with Crippen LogP contribution in [0.25, 0.3) is 0 Å². The number of nitrogens with zero attached hydrogens (tertiary/aromatic N) is 3. The Morgan fingerprint density at radius 3 is 1.82 bits per heavy atom. The average Bonchev–Trinajstić information content (AvgIpc) is 3.04. The van der Waals surface area contributed by atoms with Gasteiger partial charge in [0.25, 0.3) is 5.91 Å². The third-order valence-electron chi connectivity index (χ3n) is 6.68. The molecule has 0 atom stereocenters. The Morgan fingerprint density at radius 2 is 1.33 bits per heavy atom. The number of halogens is 9. The first kappa shape index (κ1) is 41.7. The van der Waals surface area contributed by atoms with Gasteiger partial charge in [-0.25, -0.2) is 14.6 Å². The van der Waals surface area contributed by atoms with Crippen LogP contribution in [0.2, 0.25) is 0 Å². The number of ether oxygens (including phenoxy) is 1. The zero-order valence-corrected chi connectivity index (χ0v) is 26.8. The highest BCUT2D eigenvalue weighted by molar-refractivity contribution is 6.00. The van der Waals surface area contributed by atoms with Gasteiger partial charge in [0.05, 0.1) is 35.3 Å². The maximum Gasteiger partial charge on any atom is 0.490 e. The number of benzene rings is 2. The molecule has 1 amide bonds. The van der Waals surface area contributed by atoms with Crippen LogP contribution < -0.4 is 25.6 Å². The monoisotopic (exact) mass is 742 g/mol. The highest BCUT2D eigenvalue weighted by Gasteiger charge is 2.39. The molecule has 4 rings (SSSR count). The molecule has 0 bridgehead atoms. The van der Waals surface area contributed by atoms with Gasteiger partial charge in [0, 0.05) is 57.2 Å². The van der Waals surface area contributed by atoms with Gasteiger partial charge in [-0.15, -0.1) is 0 Å². The summed E-state index contributed by atoms with van der Waals surface area (Å²) in [6.07, 6.45) is -14.1. The number of anilines is 5. The van der Waals surface area contributed by atoms with Crippen molar-refractivity contribution < 1.29 is 68.8 Å². The number of likely N-dealkylation sites (N-methyl/N-ethyl adjacent to an activating group) is 1. The molecule has 1 aliphatic rings. The van der Waals surface area contributed by atoms with E-state index in [1.807, 2.05) is 18.2 Å². The second kappa shape index (κ2) is 17.5. The van der Waals surface area contributed by atoms with E-state index >= 15 is 0 Å². The lowest BCUT2D eigenvalue weighted by Crippen LogP contribution is -2.44. The third-order valence-corrected chi connectivity index (χ3v) is 6.68. The number of para-hydroxylation sites is 1. The van der Waals surface area contributed by atoms with Crippen molar-refractivity contribution in [3.8, 4) is 5.75 Å². The highest BCUT2D eigenvalue weighted by atomic mass is 19.4. The van der Waals surface area contributed by atoms with Crippen LogP contribution >= 0.6 is 0 Å². The van der Waals surface area contributed by atoms with Gasteiger partial charge in [0.1, 0.15) is 11.6 Å². The first-order chi connectivity index (χ1) is 23.6. The van der Waals surface area contributed by atoms with Crippen molar-refractivity contribution in [1.82, 2.24) is 15.2 Å². The van der Waals surface area contributed by atoms with Crippen LogP contribution in [-0.2, 0) is 15.8 Å². The van der Waals surface area contributed by atoms with Crippen molar-refractivity contribution in [2.24, 2.45) is 0 Å². The average molecular weight is 743 g/mol. The minimum atomic E-state index is -5.08. The Balaban J connectivity index is 0.000000543. The zero-order valence-electron chi connectivity index (χ0n) is 26.8. The van der Waals surface area contributed by atoms with Crippen LogP contribution in [-0.4, -0.2) is 97.7 Å². The van der Waals surface area contributed by atoms with Gasteiger partial charge in [-0.3, -0.25) is 4.79 Å². The molecule has 3 aromatic rings. The van der Waals surface area contributed by atoms with Crippen LogP contribution in [0.3, 0.4) is 0 Å². The number of rotatable bonds is 7.